The molecule has 1 aliphatic heterocycles. The number of amides is 1. The van der Waals surface area contributed by atoms with Crippen molar-refractivity contribution < 1.29 is 4.79 Å². The molecule has 1 atom stereocenters. The van der Waals surface area contributed by atoms with Crippen LogP contribution in [0.25, 0.3) is 0 Å². The number of carbonyl (C=O) groups is 1. The van der Waals surface area contributed by atoms with Crippen LogP contribution in [0.5, 0.6) is 0 Å². The van der Waals surface area contributed by atoms with E-state index in [1.807, 2.05) is 43.5 Å². The van der Waals surface area contributed by atoms with E-state index in [1.165, 1.54) is 0 Å². The van der Waals surface area contributed by atoms with Gasteiger partial charge in [-0.15, -0.1) is 0 Å². The standard InChI is InChI=1S/C18H21N5O/c1-14-11-23(12-15-6-3-2-4-7-15)21-17(14)18(24)20-10-16-8-5-9-22(16)13-19/h2-4,6-7,11,16H,5,8-10,12H2,1H3,(H,20,24). The highest BCUT2D eigenvalue weighted by molar-refractivity contribution is 5.93. The number of hydrogen-bond donors (Lipinski definition) is 1. The minimum absolute atomic E-state index is 0.102. The highest BCUT2D eigenvalue weighted by atomic mass is 16.2. The van der Waals surface area contributed by atoms with Gasteiger partial charge in [-0.3, -0.25) is 9.48 Å². The summed E-state index contributed by atoms with van der Waals surface area (Å²) in [6, 6.07) is 10.1. The molecule has 1 aromatic heterocycles. The topological polar surface area (TPSA) is 74.0 Å². The molecule has 1 aliphatic rings. The number of benzene rings is 1. The summed E-state index contributed by atoms with van der Waals surface area (Å²) in [5, 5.41) is 16.4. The Labute approximate surface area is 141 Å². The van der Waals surface area contributed by atoms with Crippen molar-refractivity contribution in [2.45, 2.75) is 32.4 Å². The lowest BCUT2D eigenvalue weighted by atomic mass is 10.2. The number of aryl methyl sites for hydroxylation is 1. The summed E-state index contributed by atoms with van der Waals surface area (Å²) in [6.45, 7) is 3.79. The first-order valence-electron chi connectivity index (χ1n) is 8.20. The molecule has 6 heteroatoms. The van der Waals surface area contributed by atoms with Crippen molar-refractivity contribution in [3.63, 3.8) is 0 Å². The lowest BCUT2D eigenvalue weighted by molar-refractivity contribution is 0.0939. The normalized spacial score (nSPS) is 16.8. The Morgan fingerprint density at radius 2 is 2.21 bits per heavy atom. The van der Waals surface area contributed by atoms with Gasteiger partial charge in [-0.1, -0.05) is 30.3 Å². The molecule has 1 amide bonds. The molecule has 1 unspecified atom stereocenters. The van der Waals surface area contributed by atoms with Crippen molar-refractivity contribution >= 4 is 5.91 Å². The minimum Gasteiger partial charge on any atom is -0.349 e. The summed E-state index contributed by atoms with van der Waals surface area (Å²) in [4.78, 5) is 14.1. The SMILES string of the molecule is Cc1cn(Cc2ccccc2)nc1C(=O)NCC1CCCN1C#N. The molecule has 1 aromatic carbocycles. The first-order valence-corrected chi connectivity index (χ1v) is 8.20. The number of carbonyl (C=O) groups excluding carboxylic acids is 1. The Morgan fingerprint density at radius 1 is 1.42 bits per heavy atom. The molecular formula is C18H21N5O. The second-order valence-corrected chi connectivity index (χ2v) is 6.14. The zero-order valence-corrected chi connectivity index (χ0v) is 13.8. The first kappa shape index (κ1) is 16.1. The number of likely N-dealkylation sites (tertiary alicyclic amines) is 1. The number of aromatic nitrogens is 2. The van der Waals surface area contributed by atoms with Crippen LogP contribution in [0, 0.1) is 18.4 Å². The van der Waals surface area contributed by atoms with E-state index in [1.54, 1.807) is 9.58 Å². The molecule has 0 radical (unpaired) electrons. The third-order valence-corrected chi connectivity index (χ3v) is 4.35. The van der Waals surface area contributed by atoms with E-state index in [4.69, 9.17) is 5.26 Å². The molecule has 3 rings (SSSR count). The van der Waals surface area contributed by atoms with Crippen LogP contribution >= 0.6 is 0 Å². The van der Waals surface area contributed by atoms with E-state index in [0.29, 0.717) is 18.8 Å². The maximum atomic E-state index is 12.4. The summed E-state index contributed by atoms with van der Waals surface area (Å²) < 4.78 is 1.79. The number of hydrogen-bond acceptors (Lipinski definition) is 4. The maximum Gasteiger partial charge on any atom is 0.272 e. The van der Waals surface area contributed by atoms with Gasteiger partial charge in [0.05, 0.1) is 12.6 Å². The number of nitrogens with zero attached hydrogens (tertiary/aromatic N) is 4. The molecule has 24 heavy (non-hydrogen) atoms. The molecule has 0 saturated carbocycles. The van der Waals surface area contributed by atoms with E-state index in [2.05, 4.69) is 16.6 Å². The summed E-state index contributed by atoms with van der Waals surface area (Å²) in [6.07, 6.45) is 6.01. The quantitative estimate of drug-likeness (QED) is 0.853. The summed E-state index contributed by atoms with van der Waals surface area (Å²) in [5.74, 6) is -0.177. The third kappa shape index (κ3) is 3.57. The average Bonchev–Trinajstić information content (AvgIpc) is 3.19. The molecule has 0 spiro atoms. The van der Waals surface area contributed by atoms with Gasteiger partial charge in [0.15, 0.2) is 11.9 Å². The maximum absolute atomic E-state index is 12.4. The predicted octanol–water partition coefficient (Wildman–Crippen LogP) is 1.92. The van der Waals surface area contributed by atoms with Crippen LogP contribution in [-0.4, -0.2) is 39.7 Å². The molecule has 1 saturated heterocycles. The van der Waals surface area contributed by atoms with Crippen molar-refractivity contribution in [3.05, 3.63) is 53.3 Å². The van der Waals surface area contributed by atoms with Crippen LogP contribution in [-0.2, 0) is 6.54 Å². The lowest BCUT2D eigenvalue weighted by Gasteiger charge is -2.18. The largest absolute Gasteiger partial charge is 0.349 e. The van der Waals surface area contributed by atoms with Crippen LogP contribution in [0.1, 0.15) is 34.5 Å². The van der Waals surface area contributed by atoms with Crippen molar-refractivity contribution in [2.75, 3.05) is 13.1 Å². The summed E-state index contributed by atoms with van der Waals surface area (Å²) in [7, 11) is 0. The average molecular weight is 323 g/mol. The van der Waals surface area contributed by atoms with Crippen LogP contribution in [0.3, 0.4) is 0 Å². The van der Waals surface area contributed by atoms with Crippen LogP contribution in [0.4, 0.5) is 0 Å². The van der Waals surface area contributed by atoms with Gasteiger partial charge in [0.1, 0.15) is 0 Å². The van der Waals surface area contributed by atoms with Gasteiger partial charge in [0.25, 0.3) is 5.91 Å². The fourth-order valence-electron chi connectivity index (χ4n) is 3.07. The number of nitriles is 1. The van der Waals surface area contributed by atoms with E-state index in [-0.39, 0.29) is 11.9 Å². The highest BCUT2D eigenvalue weighted by Crippen LogP contribution is 2.15. The fraction of sp³-hybridized carbons (Fsp3) is 0.389. The van der Waals surface area contributed by atoms with Gasteiger partial charge in [0.2, 0.25) is 0 Å². The van der Waals surface area contributed by atoms with Crippen LogP contribution < -0.4 is 5.32 Å². The molecule has 124 valence electrons. The summed E-state index contributed by atoms with van der Waals surface area (Å²) in [5.41, 5.74) is 2.45. The van der Waals surface area contributed by atoms with Gasteiger partial charge in [-0.25, -0.2) is 0 Å². The van der Waals surface area contributed by atoms with Gasteiger partial charge >= 0.3 is 0 Å². The molecule has 2 aromatic rings. The van der Waals surface area contributed by atoms with Crippen LogP contribution in [0.2, 0.25) is 0 Å². The van der Waals surface area contributed by atoms with Crippen molar-refractivity contribution in [1.82, 2.24) is 20.0 Å². The van der Waals surface area contributed by atoms with E-state index < -0.39 is 0 Å². The molecular weight excluding hydrogens is 302 g/mol. The monoisotopic (exact) mass is 323 g/mol. The van der Waals surface area contributed by atoms with E-state index in [0.717, 1.165) is 30.5 Å². The Balaban J connectivity index is 1.62. The Hall–Kier alpha value is -2.81. The van der Waals surface area contributed by atoms with Crippen molar-refractivity contribution in [1.29, 1.82) is 5.26 Å². The Morgan fingerprint density at radius 3 is 2.96 bits per heavy atom. The minimum atomic E-state index is -0.177. The van der Waals surface area contributed by atoms with Gasteiger partial charge in [-0.2, -0.15) is 10.4 Å². The van der Waals surface area contributed by atoms with Crippen LogP contribution in [0.15, 0.2) is 36.5 Å². The fourth-order valence-corrected chi connectivity index (χ4v) is 3.07. The van der Waals surface area contributed by atoms with E-state index >= 15 is 0 Å². The number of nitrogens with one attached hydrogen (secondary N) is 1. The zero-order valence-electron chi connectivity index (χ0n) is 13.8. The number of rotatable bonds is 5. The zero-order chi connectivity index (χ0) is 16.9. The van der Waals surface area contributed by atoms with Gasteiger partial charge in [-0.05, 0) is 25.3 Å². The van der Waals surface area contributed by atoms with Gasteiger partial charge in [0, 0.05) is 24.8 Å². The molecule has 2 heterocycles. The lowest BCUT2D eigenvalue weighted by Crippen LogP contribution is -2.38. The van der Waals surface area contributed by atoms with Crippen molar-refractivity contribution in [3.8, 4) is 6.19 Å². The second kappa shape index (κ2) is 7.18. The molecule has 0 aliphatic carbocycles. The highest BCUT2D eigenvalue weighted by Gasteiger charge is 2.24. The Bertz CT molecular complexity index is 747. The smallest absolute Gasteiger partial charge is 0.272 e. The summed E-state index contributed by atoms with van der Waals surface area (Å²) >= 11 is 0. The molecule has 1 fully saturated rings. The molecule has 0 bridgehead atoms. The van der Waals surface area contributed by atoms with Gasteiger partial charge < -0.3 is 10.2 Å². The van der Waals surface area contributed by atoms with Crippen molar-refractivity contribution in [2.24, 2.45) is 0 Å². The first-order chi connectivity index (χ1) is 11.7. The second-order valence-electron chi connectivity index (χ2n) is 6.14. The molecule has 1 N–H and O–H groups in total. The third-order valence-electron chi connectivity index (χ3n) is 4.35. The molecule has 6 nitrogen and oxygen atoms in total. The predicted molar refractivity (Wildman–Crippen MR) is 90.2 cm³/mol. The Kier molecular flexibility index (Phi) is 4.80. The van der Waals surface area contributed by atoms with E-state index in [9.17, 15) is 4.79 Å².